The molecule has 0 bridgehead atoms. The number of rotatable bonds is 12. The Balaban J connectivity index is 1.87. The number of aliphatic hydroxyl groups excluding tert-OH is 2. The van der Waals surface area contributed by atoms with Gasteiger partial charge in [-0.3, -0.25) is 9.59 Å². The van der Waals surface area contributed by atoms with Crippen molar-refractivity contribution in [1.82, 2.24) is 15.1 Å². The van der Waals surface area contributed by atoms with Gasteiger partial charge in [0.15, 0.2) is 5.69 Å². The summed E-state index contributed by atoms with van der Waals surface area (Å²) in [4.78, 5) is 24.0. The van der Waals surface area contributed by atoms with Gasteiger partial charge in [-0.15, -0.1) is 0 Å². The van der Waals surface area contributed by atoms with Gasteiger partial charge in [0.2, 0.25) is 0 Å². The Morgan fingerprint density at radius 1 is 0.971 bits per heavy atom. The fourth-order valence-electron chi connectivity index (χ4n) is 4.14. The van der Waals surface area contributed by atoms with Crippen molar-refractivity contribution >= 4 is 11.9 Å². The van der Waals surface area contributed by atoms with Crippen LogP contribution in [0.25, 0.3) is 5.69 Å². The van der Waals surface area contributed by atoms with Gasteiger partial charge >= 0.3 is 5.97 Å². The van der Waals surface area contributed by atoms with E-state index in [1.54, 1.807) is 4.68 Å². The largest absolute Gasteiger partial charge is 0.481 e. The number of nitrogens with zero attached hydrogens (tertiary/aromatic N) is 2. The van der Waals surface area contributed by atoms with Gasteiger partial charge < -0.3 is 20.6 Å². The first-order valence-corrected chi connectivity index (χ1v) is 11.8. The van der Waals surface area contributed by atoms with Gasteiger partial charge in [0, 0.05) is 17.8 Å². The highest BCUT2D eigenvalue weighted by molar-refractivity contribution is 5.94. The number of benzene rings is 2. The molecule has 8 heteroatoms. The van der Waals surface area contributed by atoms with Crippen molar-refractivity contribution in [1.29, 1.82) is 0 Å². The molecule has 3 aromatic rings. The number of amides is 1. The summed E-state index contributed by atoms with van der Waals surface area (Å²) in [6.45, 7) is 4.37. The van der Waals surface area contributed by atoms with E-state index in [0.717, 1.165) is 22.5 Å². The molecule has 0 radical (unpaired) electrons. The van der Waals surface area contributed by atoms with Gasteiger partial charge in [0.25, 0.3) is 5.91 Å². The van der Waals surface area contributed by atoms with Gasteiger partial charge in [0.1, 0.15) is 0 Å². The molecule has 0 saturated heterocycles. The van der Waals surface area contributed by atoms with E-state index < -0.39 is 24.6 Å². The topological polar surface area (TPSA) is 125 Å². The number of aliphatic carboxylic acids is 1. The quantitative estimate of drug-likeness (QED) is 0.315. The van der Waals surface area contributed by atoms with Crippen LogP contribution in [0.15, 0.2) is 60.7 Å². The Labute approximate surface area is 205 Å². The van der Waals surface area contributed by atoms with Crippen molar-refractivity contribution in [2.24, 2.45) is 0 Å². The lowest BCUT2D eigenvalue weighted by atomic mass is 9.95. The van der Waals surface area contributed by atoms with Crippen LogP contribution in [-0.2, 0) is 17.8 Å². The third kappa shape index (κ3) is 7.24. The zero-order valence-corrected chi connectivity index (χ0v) is 20.1. The number of aliphatic hydroxyl groups is 2. The number of carbonyl (C=O) groups excluding carboxylic acids is 1. The van der Waals surface area contributed by atoms with E-state index in [2.05, 4.69) is 10.4 Å². The molecule has 2 aromatic carbocycles. The highest BCUT2D eigenvalue weighted by Gasteiger charge is 2.26. The molecule has 1 amide bonds. The average Bonchev–Trinajstić information content (AvgIpc) is 3.22. The first-order chi connectivity index (χ1) is 16.8. The molecule has 0 aliphatic rings. The van der Waals surface area contributed by atoms with Crippen molar-refractivity contribution in [3.05, 3.63) is 83.2 Å². The molecule has 2 atom stereocenters. The monoisotopic (exact) mass is 479 g/mol. The van der Waals surface area contributed by atoms with Crippen molar-refractivity contribution in [3.63, 3.8) is 0 Å². The molecular formula is C27H33N3O5. The van der Waals surface area contributed by atoms with Crippen LogP contribution in [0.2, 0.25) is 0 Å². The molecule has 8 nitrogen and oxygen atoms in total. The third-order valence-electron chi connectivity index (χ3n) is 5.78. The molecule has 4 N–H and O–H groups in total. The number of aromatic nitrogens is 2. The van der Waals surface area contributed by atoms with E-state index >= 15 is 0 Å². The number of para-hydroxylation sites is 1. The molecule has 0 saturated carbocycles. The molecule has 1 aromatic heterocycles. The standard InChI is InChI=1S/C27H33N3O5/c1-18(2)25-23(14-13-21(31)15-22(32)16-24(33)34)30(20-11-7-4-8-12-20)29-26(25)27(35)28-17-19-9-5-3-6-10-19/h3-12,18,21-22,31-32H,13-17H2,1-2H3,(H,28,35)(H,33,34)/t21-,22-/m1/s1. The lowest BCUT2D eigenvalue weighted by Crippen LogP contribution is -2.24. The average molecular weight is 480 g/mol. The summed E-state index contributed by atoms with van der Waals surface area (Å²) < 4.78 is 1.74. The predicted molar refractivity (Wildman–Crippen MR) is 132 cm³/mol. The molecular weight excluding hydrogens is 446 g/mol. The summed E-state index contributed by atoms with van der Waals surface area (Å²) in [6, 6.07) is 19.1. The van der Waals surface area contributed by atoms with E-state index in [1.165, 1.54) is 0 Å². The number of carboxylic acid groups (broad SMARTS) is 1. The van der Waals surface area contributed by atoms with E-state index in [9.17, 15) is 19.8 Å². The summed E-state index contributed by atoms with van der Waals surface area (Å²) in [5.41, 5.74) is 3.74. The zero-order valence-electron chi connectivity index (χ0n) is 20.1. The normalized spacial score (nSPS) is 12.9. The minimum atomic E-state index is -1.12. The van der Waals surface area contributed by atoms with Crippen LogP contribution in [-0.4, -0.2) is 49.2 Å². The first-order valence-electron chi connectivity index (χ1n) is 11.8. The minimum absolute atomic E-state index is 0.00492. The Morgan fingerprint density at radius 2 is 1.60 bits per heavy atom. The molecule has 0 aliphatic carbocycles. The summed E-state index contributed by atoms with van der Waals surface area (Å²) >= 11 is 0. The Hall–Kier alpha value is -3.49. The van der Waals surface area contributed by atoms with Crippen LogP contribution >= 0.6 is 0 Å². The van der Waals surface area contributed by atoms with E-state index in [-0.39, 0.29) is 18.2 Å². The zero-order chi connectivity index (χ0) is 25.4. The molecule has 0 fully saturated rings. The van der Waals surface area contributed by atoms with Crippen LogP contribution in [0, 0.1) is 0 Å². The second-order valence-electron chi connectivity index (χ2n) is 8.96. The van der Waals surface area contributed by atoms with E-state index in [1.807, 2.05) is 74.5 Å². The summed E-state index contributed by atoms with van der Waals surface area (Å²) in [7, 11) is 0. The Morgan fingerprint density at radius 3 is 2.20 bits per heavy atom. The van der Waals surface area contributed by atoms with Gasteiger partial charge in [-0.2, -0.15) is 5.10 Å². The second kappa shape index (κ2) is 12.3. The number of hydrogen-bond acceptors (Lipinski definition) is 5. The fourth-order valence-corrected chi connectivity index (χ4v) is 4.14. The smallest absolute Gasteiger partial charge is 0.305 e. The summed E-state index contributed by atoms with van der Waals surface area (Å²) in [5.74, 6) is -1.39. The van der Waals surface area contributed by atoms with Crippen molar-refractivity contribution < 1.29 is 24.9 Å². The molecule has 186 valence electrons. The highest BCUT2D eigenvalue weighted by atomic mass is 16.4. The van der Waals surface area contributed by atoms with Gasteiger partial charge in [-0.05, 0) is 42.9 Å². The van der Waals surface area contributed by atoms with Crippen LogP contribution in [0.3, 0.4) is 0 Å². The van der Waals surface area contributed by atoms with Crippen molar-refractivity contribution in [2.75, 3.05) is 0 Å². The number of carboxylic acids is 1. The van der Waals surface area contributed by atoms with Crippen LogP contribution < -0.4 is 5.32 Å². The van der Waals surface area contributed by atoms with Gasteiger partial charge in [0.05, 0.1) is 24.3 Å². The summed E-state index contributed by atoms with van der Waals surface area (Å²) in [6.07, 6.45) is -1.76. The summed E-state index contributed by atoms with van der Waals surface area (Å²) in [5, 5.41) is 36.8. The van der Waals surface area contributed by atoms with Gasteiger partial charge in [-0.1, -0.05) is 62.4 Å². The van der Waals surface area contributed by atoms with Crippen LogP contribution in [0.4, 0.5) is 0 Å². The third-order valence-corrected chi connectivity index (χ3v) is 5.78. The maximum Gasteiger partial charge on any atom is 0.305 e. The molecule has 0 aliphatic heterocycles. The molecule has 1 heterocycles. The number of carbonyl (C=O) groups is 2. The molecule has 0 spiro atoms. The minimum Gasteiger partial charge on any atom is -0.481 e. The maximum absolute atomic E-state index is 13.2. The predicted octanol–water partition coefficient (Wildman–Crippen LogP) is 3.44. The Bertz CT molecular complexity index is 1110. The van der Waals surface area contributed by atoms with Crippen molar-refractivity contribution in [2.45, 2.75) is 64.2 Å². The Kier molecular flexibility index (Phi) is 9.17. The van der Waals surface area contributed by atoms with Gasteiger partial charge in [-0.25, -0.2) is 4.68 Å². The van der Waals surface area contributed by atoms with E-state index in [4.69, 9.17) is 5.11 Å². The maximum atomic E-state index is 13.2. The van der Waals surface area contributed by atoms with Crippen LogP contribution in [0.1, 0.15) is 66.3 Å². The number of nitrogens with one attached hydrogen (secondary N) is 1. The van der Waals surface area contributed by atoms with Crippen LogP contribution in [0.5, 0.6) is 0 Å². The number of hydrogen-bond donors (Lipinski definition) is 4. The first kappa shape index (κ1) is 26.1. The lowest BCUT2D eigenvalue weighted by molar-refractivity contribution is -0.139. The molecule has 35 heavy (non-hydrogen) atoms. The SMILES string of the molecule is CC(C)c1c(C(=O)NCc2ccccc2)nn(-c2ccccc2)c1CC[C@@H](O)C[C@@H](O)CC(=O)O. The highest BCUT2D eigenvalue weighted by Crippen LogP contribution is 2.28. The molecule has 0 unspecified atom stereocenters. The fraction of sp³-hybridized carbons (Fsp3) is 0.370. The lowest BCUT2D eigenvalue weighted by Gasteiger charge is -2.16. The van der Waals surface area contributed by atoms with Crippen molar-refractivity contribution in [3.8, 4) is 5.69 Å². The van der Waals surface area contributed by atoms with E-state index in [0.29, 0.717) is 25.1 Å². The molecule has 3 rings (SSSR count). The second-order valence-corrected chi connectivity index (χ2v) is 8.96.